The topological polar surface area (TPSA) is 40.5 Å². The molecule has 0 aromatic carbocycles. The summed E-state index contributed by atoms with van der Waals surface area (Å²) in [6.45, 7) is 2.64. The maximum atomic E-state index is 10.6. The molecule has 0 aromatic rings. The number of hydrogen-bond acceptors (Lipinski definition) is 2. The van der Waals surface area contributed by atoms with E-state index in [4.69, 9.17) is 9.90 Å². The molecule has 6 heteroatoms. The second-order valence-corrected chi connectivity index (χ2v) is 3.17. The third-order valence-corrected chi connectivity index (χ3v) is 1.82. The summed E-state index contributed by atoms with van der Waals surface area (Å²) in [6.07, 6.45) is -0.808. The van der Waals surface area contributed by atoms with E-state index in [0.717, 1.165) is 0 Å². The van der Waals surface area contributed by atoms with Crippen LogP contribution in [0.4, 0.5) is 13.2 Å². The molecule has 1 saturated heterocycles. The first kappa shape index (κ1) is 13.2. The van der Waals surface area contributed by atoms with Gasteiger partial charge in [-0.15, -0.1) is 0 Å². The molecular formula is C8H14F3NO2. The molecule has 0 unspecified atom stereocenters. The first-order valence-electron chi connectivity index (χ1n) is 4.32. The fourth-order valence-electron chi connectivity index (χ4n) is 1.05. The zero-order valence-corrected chi connectivity index (χ0v) is 7.97. The summed E-state index contributed by atoms with van der Waals surface area (Å²) < 4.78 is 31.7. The summed E-state index contributed by atoms with van der Waals surface area (Å²) in [6, 6.07) is 0. The Kier molecular flexibility index (Phi) is 5.52. The van der Waals surface area contributed by atoms with Crippen molar-refractivity contribution in [2.75, 3.05) is 20.1 Å². The van der Waals surface area contributed by atoms with Gasteiger partial charge in [-0.25, -0.2) is 4.79 Å². The number of halogens is 3. The zero-order valence-electron chi connectivity index (χ0n) is 7.97. The van der Waals surface area contributed by atoms with Gasteiger partial charge in [0, 0.05) is 0 Å². The first-order chi connectivity index (χ1) is 6.34. The van der Waals surface area contributed by atoms with E-state index in [-0.39, 0.29) is 0 Å². The fourth-order valence-corrected chi connectivity index (χ4v) is 1.05. The molecule has 0 amide bonds. The monoisotopic (exact) mass is 213 g/mol. The molecule has 0 aliphatic carbocycles. The zero-order chi connectivity index (χ0) is 11.2. The Morgan fingerprint density at radius 3 is 1.71 bits per heavy atom. The second-order valence-electron chi connectivity index (χ2n) is 3.17. The average Bonchev–Trinajstić information content (AvgIpc) is 2.04. The third-order valence-electron chi connectivity index (χ3n) is 1.82. The Hall–Kier alpha value is -0.780. The van der Waals surface area contributed by atoms with Crippen molar-refractivity contribution < 1.29 is 23.1 Å². The number of hydrogen-bond donors (Lipinski definition) is 1. The van der Waals surface area contributed by atoms with Crippen LogP contribution in [0.5, 0.6) is 0 Å². The predicted molar refractivity (Wildman–Crippen MR) is 45.0 cm³/mol. The van der Waals surface area contributed by atoms with Crippen LogP contribution in [0.15, 0.2) is 0 Å². The van der Waals surface area contributed by atoms with Gasteiger partial charge in [0.1, 0.15) is 0 Å². The van der Waals surface area contributed by atoms with E-state index in [0.29, 0.717) is 0 Å². The van der Waals surface area contributed by atoms with E-state index in [1.165, 1.54) is 32.4 Å². The molecule has 0 atom stereocenters. The van der Waals surface area contributed by atoms with Gasteiger partial charge in [0.25, 0.3) is 0 Å². The van der Waals surface area contributed by atoms with Crippen LogP contribution in [-0.4, -0.2) is 42.3 Å². The van der Waals surface area contributed by atoms with E-state index < -0.39 is 12.1 Å². The number of nitrogens with zero attached hydrogens (tertiary/aromatic N) is 1. The average molecular weight is 213 g/mol. The highest BCUT2D eigenvalue weighted by molar-refractivity contribution is 5.73. The lowest BCUT2D eigenvalue weighted by atomic mass is 10.1. The molecule has 1 N–H and O–H groups in total. The number of rotatable bonds is 0. The molecule has 1 rings (SSSR count). The summed E-state index contributed by atoms with van der Waals surface area (Å²) in [5, 5.41) is 7.12. The van der Waals surface area contributed by atoms with E-state index in [1.807, 2.05) is 0 Å². The van der Waals surface area contributed by atoms with Crippen LogP contribution in [0.25, 0.3) is 0 Å². The Labute approximate surface area is 80.5 Å². The second kappa shape index (κ2) is 5.85. The highest BCUT2D eigenvalue weighted by atomic mass is 19.4. The van der Waals surface area contributed by atoms with Gasteiger partial charge in [-0.1, -0.05) is 6.42 Å². The lowest BCUT2D eigenvalue weighted by Crippen LogP contribution is -2.24. The SMILES string of the molecule is CN1CCCCC1.O=C(O)C(F)(F)F. The molecule has 1 aliphatic heterocycles. The van der Waals surface area contributed by atoms with Crippen molar-refractivity contribution in [3.05, 3.63) is 0 Å². The summed E-state index contributed by atoms with van der Waals surface area (Å²) in [5.41, 5.74) is 0. The molecule has 1 fully saturated rings. The Balaban J connectivity index is 0.000000241. The highest BCUT2D eigenvalue weighted by Crippen LogP contribution is 2.13. The molecule has 0 radical (unpaired) electrons. The molecule has 0 bridgehead atoms. The summed E-state index contributed by atoms with van der Waals surface area (Å²) in [5.74, 6) is -2.76. The summed E-state index contributed by atoms with van der Waals surface area (Å²) in [7, 11) is 2.19. The number of aliphatic carboxylic acids is 1. The van der Waals surface area contributed by atoms with Gasteiger partial charge in [0.15, 0.2) is 0 Å². The fraction of sp³-hybridized carbons (Fsp3) is 0.875. The normalized spacial score (nSPS) is 18.3. The van der Waals surface area contributed by atoms with E-state index in [9.17, 15) is 13.2 Å². The molecular weight excluding hydrogens is 199 g/mol. The predicted octanol–water partition coefficient (Wildman–Crippen LogP) is 1.74. The third kappa shape index (κ3) is 6.71. The van der Waals surface area contributed by atoms with Crippen LogP contribution in [0.2, 0.25) is 0 Å². The van der Waals surface area contributed by atoms with Crippen molar-refractivity contribution >= 4 is 5.97 Å². The minimum absolute atomic E-state index is 1.32. The number of carboxylic acid groups (broad SMARTS) is 1. The Morgan fingerprint density at radius 2 is 1.57 bits per heavy atom. The smallest absolute Gasteiger partial charge is 0.475 e. The standard InChI is InChI=1S/C6H13N.C2HF3O2/c1-7-5-3-2-4-6-7;3-2(4,5)1(6)7/h2-6H2,1H3;(H,6,7). The van der Waals surface area contributed by atoms with Crippen molar-refractivity contribution in [2.45, 2.75) is 25.4 Å². The molecule has 0 spiro atoms. The largest absolute Gasteiger partial charge is 0.490 e. The van der Waals surface area contributed by atoms with Crippen molar-refractivity contribution in [1.29, 1.82) is 0 Å². The Bertz CT molecular complexity index is 176. The summed E-state index contributed by atoms with van der Waals surface area (Å²) in [4.78, 5) is 11.3. The molecule has 1 aliphatic rings. The molecule has 3 nitrogen and oxygen atoms in total. The van der Waals surface area contributed by atoms with Gasteiger partial charge < -0.3 is 10.0 Å². The number of likely N-dealkylation sites (tertiary alicyclic amines) is 1. The molecule has 0 aromatic heterocycles. The van der Waals surface area contributed by atoms with Crippen molar-refractivity contribution in [3.63, 3.8) is 0 Å². The van der Waals surface area contributed by atoms with Crippen LogP contribution in [0.1, 0.15) is 19.3 Å². The van der Waals surface area contributed by atoms with Gasteiger partial charge >= 0.3 is 12.1 Å². The van der Waals surface area contributed by atoms with Crippen LogP contribution < -0.4 is 0 Å². The van der Waals surface area contributed by atoms with Crippen LogP contribution in [0, 0.1) is 0 Å². The van der Waals surface area contributed by atoms with Crippen LogP contribution in [-0.2, 0) is 4.79 Å². The number of piperidine rings is 1. The van der Waals surface area contributed by atoms with E-state index in [1.54, 1.807) is 0 Å². The molecule has 1 heterocycles. The highest BCUT2D eigenvalue weighted by Gasteiger charge is 2.38. The number of carboxylic acids is 1. The maximum Gasteiger partial charge on any atom is 0.490 e. The Morgan fingerprint density at radius 1 is 1.21 bits per heavy atom. The van der Waals surface area contributed by atoms with Gasteiger partial charge in [-0.05, 0) is 33.0 Å². The van der Waals surface area contributed by atoms with Crippen molar-refractivity contribution in [3.8, 4) is 0 Å². The van der Waals surface area contributed by atoms with Crippen LogP contribution >= 0.6 is 0 Å². The van der Waals surface area contributed by atoms with Gasteiger partial charge in [0.2, 0.25) is 0 Å². The molecule has 84 valence electrons. The van der Waals surface area contributed by atoms with E-state index >= 15 is 0 Å². The maximum absolute atomic E-state index is 10.6. The molecule has 14 heavy (non-hydrogen) atoms. The quantitative estimate of drug-likeness (QED) is 0.666. The van der Waals surface area contributed by atoms with Crippen LogP contribution in [0.3, 0.4) is 0 Å². The van der Waals surface area contributed by atoms with Gasteiger partial charge in [-0.3, -0.25) is 0 Å². The van der Waals surface area contributed by atoms with Gasteiger partial charge in [-0.2, -0.15) is 13.2 Å². The number of carbonyl (C=O) groups is 1. The van der Waals surface area contributed by atoms with Crippen molar-refractivity contribution in [2.24, 2.45) is 0 Å². The minimum atomic E-state index is -5.08. The first-order valence-corrected chi connectivity index (χ1v) is 4.32. The minimum Gasteiger partial charge on any atom is -0.475 e. The van der Waals surface area contributed by atoms with E-state index in [2.05, 4.69) is 11.9 Å². The lowest BCUT2D eigenvalue weighted by molar-refractivity contribution is -0.192. The lowest BCUT2D eigenvalue weighted by Gasteiger charge is -2.20. The number of alkyl halides is 3. The molecule has 0 saturated carbocycles. The summed E-state index contributed by atoms with van der Waals surface area (Å²) >= 11 is 0. The van der Waals surface area contributed by atoms with Crippen molar-refractivity contribution in [1.82, 2.24) is 4.90 Å². The van der Waals surface area contributed by atoms with Gasteiger partial charge in [0.05, 0.1) is 0 Å².